The summed E-state index contributed by atoms with van der Waals surface area (Å²) < 4.78 is 11.4. The average Bonchev–Trinajstić information content (AvgIpc) is 3.47. The van der Waals surface area contributed by atoms with Gasteiger partial charge in [0, 0.05) is 79.9 Å². The zero-order chi connectivity index (χ0) is 31.3. The van der Waals surface area contributed by atoms with E-state index in [-0.39, 0.29) is 5.91 Å². The smallest absolute Gasteiger partial charge is 0.255 e. The summed E-state index contributed by atoms with van der Waals surface area (Å²) in [5.74, 6) is 1.65. The number of aromatic amines is 1. The number of nitrogens with zero attached hydrogens (tertiary/aromatic N) is 5. The second-order valence-electron chi connectivity index (χ2n) is 11.2. The first-order valence-corrected chi connectivity index (χ1v) is 14.9. The lowest BCUT2D eigenvalue weighted by Gasteiger charge is -2.33. The van der Waals surface area contributed by atoms with Gasteiger partial charge in [0.05, 0.1) is 31.2 Å². The Hall–Kier alpha value is -5.06. The van der Waals surface area contributed by atoms with Crippen molar-refractivity contribution in [2.24, 2.45) is 0 Å². The quantitative estimate of drug-likeness (QED) is 0.227. The summed E-state index contributed by atoms with van der Waals surface area (Å²) in [5.41, 5.74) is 7.61. The predicted molar refractivity (Wildman–Crippen MR) is 175 cm³/mol. The van der Waals surface area contributed by atoms with Crippen LogP contribution in [0.15, 0.2) is 79.4 Å². The molecule has 0 saturated carbocycles. The zero-order valence-electron chi connectivity index (χ0n) is 26.0. The Kier molecular flexibility index (Phi) is 8.86. The number of likely N-dealkylation sites (N-methyl/N-ethyl adjacent to an activating group) is 1. The fourth-order valence-corrected chi connectivity index (χ4v) is 5.62. The Labute approximate surface area is 263 Å². The lowest BCUT2D eigenvalue weighted by Crippen LogP contribution is -2.43. The first kappa shape index (κ1) is 30.0. The number of H-pyrrole nitrogens is 1. The molecule has 0 spiro atoms. The van der Waals surface area contributed by atoms with E-state index in [2.05, 4.69) is 37.1 Å². The van der Waals surface area contributed by atoms with Gasteiger partial charge in [-0.1, -0.05) is 12.1 Å². The van der Waals surface area contributed by atoms with Crippen molar-refractivity contribution >= 4 is 11.6 Å². The number of pyridine rings is 1. The standard InChI is InChI=1S/C35H37N7O3/c1-23-20-38-33(32(23)34-37-13-11-29(40-34)25-6-5-12-36-21-25)24-7-9-27(10-8-24)39-35(43)26-18-30(44-3)28(31(19-26)45-4)22-42-16-14-41(2)15-17-42/h5-13,18-21,38H,14-17,22H2,1-4H3,(H,39,43). The maximum Gasteiger partial charge on any atom is 0.255 e. The molecule has 6 rings (SSSR count). The Morgan fingerprint density at radius 3 is 2.36 bits per heavy atom. The molecule has 1 aliphatic rings. The van der Waals surface area contributed by atoms with Crippen LogP contribution in [0.4, 0.5) is 5.69 Å². The van der Waals surface area contributed by atoms with Gasteiger partial charge in [-0.3, -0.25) is 14.7 Å². The summed E-state index contributed by atoms with van der Waals surface area (Å²) >= 11 is 0. The highest BCUT2D eigenvalue weighted by molar-refractivity contribution is 6.05. The summed E-state index contributed by atoms with van der Waals surface area (Å²) in [6, 6.07) is 17.0. The van der Waals surface area contributed by atoms with E-state index in [1.807, 2.05) is 55.6 Å². The van der Waals surface area contributed by atoms with Crippen molar-refractivity contribution in [3.8, 4) is 45.4 Å². The summed E-state index contributed by atoms with van der Waals surface area (Å²) in [6.45, 7) is 6.69. The first-order valence-electron chi connectivity index (χ1n) is 14.9. The number of aromatic nitrogens is 4. The van der Waals surface area contributed by atoms with E-state index in [0.29, 0.717) is 35.1 Å². The third-order valence-corrected chi connectivity index (χ3v) is 8.19. The molecule has 2 N–H and O–H groups in total. The van der Waals surface area contributed by atoms with Crippen molar-refractivity contribution in [3.63, 3.8) is 0 Å². The normalized spacial score (nSPS) is 13.9. The summed E-state index contributed by atoms with van der Waals surface area (Å²) in [4.78, 5) is 35.1. The molecule has 0 radical (unpaired) electrons. The Balaban J connectivity index is 1.20. The fourth-order valence-electron chi connectivity index (χ4n) is 5.62. The maximum atomic E-state index is 13.4. The van der Waals surface area contributed by atoms with Gasteiger partial charge in [-0.25, -0.2) is 9.97 Å². The number of anilines is 1. The van der Waals surface area contributed by atoms with Crippen LogP contribution < -0.4 is 14.8 Å². The van der Waals surface area contributed by atoms with Crippen molar-refractivity contribution in [2.45, 2.75) is 13.5 Å². The molecule has 3 aromatic heterocycles. The molecule has 4 heterocycles. The van der Waals surface area contributed by atoms with Crippen LogP contribution in [-0.2, 0) is 6.54 Å². The van der Waals surface area contributed by atoms with Gasteiger partial charge in [-0.15, -0.1) is 0 Å². The molecule has 230 valence electrons. The predicted octanol–water partition coefficient (Wildman–Crippen LogP) is 5.53. The van der Waals surface area contributed by atoms with Crippen LogP contribution in [0.5, 0.6) is 11.5 Å². The molecule has 0 unspecified atom stereocenters. The number of benzene rings is 2. The molecular formula is C35H37N7O3. The third kappa shape index (κ3) is 6.57. The van der Waals surface area contributed by atoms with Crippen molar-refractivity contribution in [3.05, 3.63) is 96.1 Å². The molecule has 1 amide bonds. The number of nitrogens with one attached hydrogen (secondary N) is 2. The van der Waals surface area contributed by atoms with E-state index in [0.717, 1.165) is 65.4 Å². The Morgan fingerprint density at radius 2 is 1.69 bits per heavy atom. The van der Waals surface area contributed by atoms with Crippen LogP contribution in [0.3, 0.4) is 0 Å². The number of aryl methyl sites for hydroxylation is 1. The van der Waals surface area contributed by atoms with Gasteiger partial charge in [0.25, 0.3) is 5.91 Å². The number of methoxy groups -OCH3 is 2. The average molecular weight is 604 g/mol. The molecule has 1 fully saturated rings. The van der Waals surface area contributed by atoms with E-state index in [9.17, 15) is 4.79 Å². The molecule has 0 atom stereocenters. The first-order chi connectivity index (χ1) is 21.9. The van der Waals surface area contributed by atoms with E-state index < -0.39 is 0 Å². The fraction of sp³-hybridized carbons (Fsp3) is 0.257. The molecule has 2 aromatic carbocycles. The Morgan fingerprint density at radius 1 is 0.956 bits per heavy atom. The van der Waals surface area contributed by atoms with E-state index in [1.165, 1.54) is 0 Å². The minimum Gasteiger partial charge on any atom is -0.496 e. The largest absolute Gasteiger partial charge is 0.496 e. The molecule has 0 bridgehead atoms. The molecule has 5 aromatic rings. The van der Waals surface area contributed by atoms with Crippen LogP contribution in [0.1, 0.15) is 21.5 Å². The van der Waals surface area contributed by atoms with Gasteiger partial charge in [0.1, 0.15) is 11.5 Å². The molecule has 1 aliphatic heterocycles. The second-order valence-corrected chi connectivity index (χ2v) is 11.2. The van der Waals surface area contributed by atoms with E-state index in [4.69, 9.17) is 14.5 Å². The lowest BCUT2D eigenvalue weighted by molar-refractivity contribution is 0.102. The highest BCUT2D eigenvalue weighted by Gasteiger charge is 2.22. The van der Waals surface area contributed by atoms with Gasteiger partial charge in [-0.05, 0) is 67.6 Å². The minimum absolute atomic E-state index is 0.248. The number of hydrogen-bond donors (Lipinski definition) is 2. The minimum atomic E-state index is -0.248. The van der Waals surface area contributed by atoms with Crippen molar-refractivity contribution in [2.75, 3.05) is 52.8 Å². The van der Waals surface area contributed by atoms with Gasteiger partial charge < -0.3 is 24.7 Å². The van der Waals surface area contributed by atoms with E-state index >= 15 is 0 Å². The van der Waals surface area contributed by atoms with Gasteiger partial charge in [0.15, 0.2) is 5.82 Å². The Bertz CT molecular complexity index is 1750. The number of carbonyl (C=O) groups is 1. The SMILES string of the molecule is COc1cc(C(=O)Nc2ccc(-c3[nH]cc(C)c3-c3nccc(-c4cccnc4)n3)cc2)cc(OC)c1CN1CCN(C)CC1. The van der Waals surface area contributed by atoms with Gasteiger partial charge in [-0.2, -0.15) is 0 Å². The molecule has 10 heteroatoms. The third-order valence-electron chi connectivity index (χ3n) is 8.19. The number of hydrogen-bond acceptors (Lipinski definition) is 8. The monoisotopic (exact) mass is 603 g/mol. The number of carbonyl (C=O) groups excluding carboxylic acids is 1. The maximum absolute atomic E-state index is 13.4. The number of ether oxygens (including phenoxy) is 2. The van der Waals surface area contributed by atoms with Gasteiger partial charge in [0.2, 0.25) is 0 Å². The number of rotatable bonds is 9. The van der Waals surface area contributed by atoms with E-state index in [1.54, 1.807) is 44.9 Å². The molecule has 1 saturated heterocycles. The van der Waals surface area contributed by atoms with Crippen LogP contribution in [-0.4, -0.2) is 83.1 Å². The summed E-state index contributed by atoms with van der Waals surface area (Å²) in [7, 11) is 5.38. The number of piperazine rings is 1. The molecule has 10 nitrogen and oxygen atoms in total. The van der Waals surface area contributed by atoms with Crippen molar-refractivity contribution in [1.29, 1.82) is 0 Å². The number of amides is 1. The highest BCUT2D eigenvalue weighted by Crippen LogP contribution is 2.35. The van der Waals surface area contributed by atoms with Crippen molar-refractivity contribution in [1.82, 2.24) is 29.7 Å². The summed E-state index contributed by atoms with van der Waals surface area (Å²) in [5, 5.41) is 3.02. The van der Waals surface area contributed by atoms with Crippen molar-refractivity contribution < 1.29 is 14.3 Å². The van der Waals surface area contributed by atoms with Crippen LogP contribution in [0.25, 0.3) is 33.9 Å². The topological polar surface area (TPSA) is 108 Å². The molecule has 0 aliphatic carbocycles. The van der Waals surface area contributed by atoms with Gasteiger partial charge >= 0.3 is 0 Å². The lowest BCUT2D eigenvalue weighted by atomic mass is 10.0. The second kappa shape index (κ2) is 13.3. The van der Waals surface area contributed by atoms with Crippen LogP contribution >= 0.6 is 0 Å². The van der Waals surface area contributed by atoms with Crippen LogP contribution in [0, 0.1) is 6.92 Å². The molecular weight excluding hydrogens is 566 g/mol. The van der Waals surface area contributed by atoms with Crippen LogP contribution in [0.2, 0.25) is 0 Å². The summed E-state index contributed by atoms with van der Waals surface area (Å²) in [6.07, 6.45) is 7.25. The zero-order valence-corrected chi connectivity index (χ0v) is 26.0. The highest BCUT2D eigenvalue weighted by atomic mass is 16.5. The molecule has 45 heavy (non-hydrogen) atoms.